The summed E-state index contributed by atoms with van der Waals surface area (Å²) < 4.78 is 10.6. The molecule has 4 heteroatoms. The Morgan fingerprint density at radius 3 is 2.08 bits per heavy atom. The van der Waals surface area contributed by atoms with Crippen molar-refractivity contribution < 1.29 is 19.4 Å². The summed E-state index contributed by atoms with van der Waals surface area (Å²) in [4.78, 5) is 10.8. The molecule has 1 aliphatic heterocycles. The van der Waals surface area contributed by atoms with Crippen molar-refractivity contribution in [3.8, 4) is 0 Å². The standard InChI is InChI=1S/C8H14O4/c1-5-8(4,6(9)10)12-7(2,3)11-5/h5H,1-4H3,(H,9,10)/t5-,8+/m0/s1. The van der Waals surface area contributed by atoms with E-state index >= 15 is 0 Å². The quantitative estimate of drug-likeness (QED) is 0.644. The van der Waals surface area contributed by atoms with Crippen LogP contribution in [0.25, 0.3) is 0 Å². The number of carboxylic acids is 1. The number of carboxylic acid groups (broad SMARTS) is 1. The van der Waals surface area contributed by atoms with Crippen LogP contribution in [-0.2, 0) is 14.3 Å². The van der Waals surface area contributed by atoms with Gasteiger partial charge in [-0.1, -0.05) is 0 Å². The summed E-state index contributed by atoms with van der Waals surface area (Å²) in [6, 6.07) is 0. The maximum atomic E-state index is 10.8. The minimum atomic E-state index is -1.22. The molecule has 1 saturated heterocycles. The molecule has 0 saturated carbocycles. The van der Waals surface area contributed by atoms with E-state index < -0.39 is 23.5 Å². The van der Waals surface area contributed by atoms with E-state index in [4.69, 9.17) is 14.6 Å². The first kappa shape index (κ1) is 9.48. The van der Waals surface area contributed by atoms with Gasteiger partial charge in [-0.25, -0.2) is 4.79 Å². The summed E-state index contributed by atoms with van der Waals surface area (Å²) in [5, 5.41) is 8.87. The van der Waals surface area contributed by atoms with Crippen molar-refractivity contribution in [2.45, 2.75) is 45.2 Å². The zero-order valence-electron chi connectivity index (χ0n) is 7.75. The summed E-state index contributed by atoms with van der Waals surface area (Å²) in [5.74, 6) is -1.78. The van der Waals surface area contributed by atoms with Crippen LogP contribution in [0.2, 0.25) is 0 Å². The number of hydrogen-bond acceptors (Lipinski definition) is 3. The molecule has 2 atom stereocenters. The van der Waals surface area contributed by atoms with Crippen LogP contribution in [0.15, 0.2) is 0 Å². The number of carbonyl (C=O) groups is 1. The van der Waals surface area contributed by atoms with E-state index in [0.29, 0.717) is 0 Å². The Morgan fingerprint density at radius 1 is 1.42 bits per heavy atom. The Labute approximate surface area is 71.5 Å². The van der Waals surface area contributed by atoms with Crippen LogP contribution < -0.4 is 0 Å². The molecule has 70 valence electrons. The van der Waals surface area contributed by atoms with Crippen molar-refractivity contribution in [1.29, 1.82) is 0 Å². The first-order valence-electron chi connectivity index (χ1n) is 3.89. The van der Waals surface area contributed by atoms with Crippen molar-refractivity contribution in [3.63, 3.8) is 0 Å². The van der Waals surface area contributed by atoms with Gasteiger partial charge in [-0.3, -0.25) is 0 Å². The van der Waals surface area contributed by atoms with E-state index in [-0.39, 0.29) is 0 Å². The van der Waals surface area contributed by atoms with Gasteiger partial charge in [0.05, 0.1) is 6.10 Å². The fraction of sp³-hybridized carbons (Fsp3) is 0.875. The Bertz CT molecular complexity index is 211. The Hall–Kier alpha value is -0.610. The van der Waals surface area contributed by atoms with Gasteiger partial charge in [0.15, 0.2) is 11.4 Å². The van der Waals surface area contributed by atoms with E-state index in [9.17, 15) is 4.79 Å². The highest BCUT2D eigenvalue weighted by molar-refractivity contribution is 5.78. The lowest BCUT2D eigenvalue weighted by atomic mass is 10.0. The minimum absolute atomic E-state index is 0.426. The van der Waals surface area contributed by atoms with Gasteiger partial charge in [0.25, 0.3) is 0 Å². The number of aliphatic carboxylic acids is 1. The SMILES string of the molecule is C[C@@H]1OC(C)(C)O[C@@]1(C)C(=O)O. The van der Waals surface area contributed by atoms with E-state index in [1.54, 1.807) is 20.8 Å². The zero-order valence-corrected chi connectivity index (χ0v) is 7.75. The average molecular weight is 174 g/mol. The van der Waals surface area contributed by atoms with Crippen LogP contribution in [0.5, 0.6) is 0 Å². The predicted octanol–water partition coefficient (Wildman–Crippen LogP) is 1.00. The van der Waals surface area contributed by atoms with Crippen molar-refractivity contribution >= 4 is 5.97 Å². The largest absolute Gasteiger partial charge is 0.479 e. The average Bonchev–Trinajstić information content (AvgIpc) is 2.03. The molecule has 1 N–H and O–H groups in total. The fourth-order valence-corrected chi connectivity index (χ4v) is 1.37. The molecule has 4 nitrogen and oxygen atoms in total. The Kier molecular flexibility index (Phi) is 1.92. The van der Waals surface area contributed by atoms with E-state index in [1.807, 2.05) is 0 Å². The summed E-state index contributed by atoms with van der Waals surface area (Å²) in [6.45, 7) is 6.63. The molecule has 0 amide bonds. The summed E-state index contributed by atoms with van der Waals surface area (Å²) in [5.41, 5.74) is -1.22. The molecule has 1 fully saturated rings. The van der Waals surface area contributed by atoms with Crippen molar-refractivity contribution in [2.75, 3.05) is 0 Å². The lowest BCUT2D eigenvalue weighted by molar-refractivity contribution is -0.182. The third-order valence-electron chi connectivity index (χ3n) is 2.12. The van der Waals surface area contributed by atoms with Crippen LogP contribution in [0.1, 0.15) is 27.7 Å². The maximum Gasteiger partial charge on any atom is 0.338 e. The molecular weight excluding hydrogens is 160 g/mol. The van der Waals surface area contributed by atoms with E-state index in [0.717, 1.165) is 0 Å². The lowest BCUT2D eigenvalue weighted by Gasteiger charge is -2.21. The van der Waals surface area contributed by atoms with Gasteiger partial charge >= 0.3 is 5.97 Å². The smallest absolute Gasteiger partial charge is 0.338 e. The molecule has 12 heavy (non-hydrogen) atoms. The fourth-order valence-electron chi connectivity index (χ4n) is 1.37. The first-order chi connectivity index (χ1) is 5.28. The van der Waals surface area contributed by atoms with Crippen molar-refractivity contribution in [3.05, 3.63) is 0 Å². The Balaban J connectivity index is 2.89. The van der Waals surface area contributed by atoms with Crippen LogP contribution in [0, 0.1) is 0 Å². The maximum absolute atomic E-state index is 10.8. The molecule has 0 aromatic heterocycles. The molecule has 0 aromatic rings. The minimum Gasteiger partial charge on any atom is -0.479 e. The molecule has 0 aliphatic carbocycles. The Morgan fingerprint density at radius 2 is 1.92 bits per heavy atom. The molecule has 0 aromatic carbocycles. The van der Waals surface area contributed by atoms with Gasteiger partial charge in [-0.2, -0.15) is 0 Å². The van der Waals surface area contributed by atoms with Crippen LogP contribution in [0.4, 0.5) is 0 Å². The second kappa shape index (κ2) is 2.44. The van der Waals surface area contributed by atoms with Crippen LogP contribution in [-0.4, -0.2) is 28.6 Å². The topological polar surface area (TPSA) is 55.8 Å². The van der Waals surface area contributed by atoms with E-state index in [1.165, 1.54) is 6.92 Å². The van der Waals surface area contributed by atoms with Crippen LogP contribution >= 0.6 is 0 Å². The van der Waals surface area contributed by atoms with Crippen LogP contribution in [0.3, 0.4) is 0 Å². The van der Waals surface area contributed by atoms with E-state index in [2.05, 4.69) is 0 Å². The highest BCUT2D eigenvalue weighted by Gasteiger charge is 2.53. The van der Waals surface area contributed by atoms with Gasteiger partial charge < -0.3 is 14.6 Å². The molecular formula is C8H14O4. The van der Waals surface area contributed by atoms with Gasteiger partial charge in [0.1, 0.15) is 0 Å². The van der Waals surface area contributed by atoms with Crippen molar-refractivity contribution in [1.82, 2.24) is 0 Å². The van der Waals surface area contributed by atoms with Crippen molar-refractivity contribution in [2.24, 2.45) is 0 Å². The third-order valence-corrected chi connectivity index (χ3v) is 2.12. The number of rotatable bonds is 1. The molecule has 1 heterocycles. The summed E-state index contributed by atoms with van der Waals surface area (Å²) in [6.07, 6.45) is -0.426. The first-order valence-corrected chi connectivity index (χ1v) is 3.89. The second-order valence-electron chi connectivity index (χ2n) is 3.67. The molecule has 0 unspecified atom stereocenters. The summed E-state index contributed by atoms with van der Waals surface area (Å²) >= 11 is 0. The monoisotopic (exact) mass is 174 g/mol. The molecule has 0 radical (unpaired) electrons. The highest BCUT2D eigenvalue weighted by Crippen LogP contribution is 2.35. The summed E-state index contributed by atoms with van der Waals surface area (Å²) in [7, 11) is 0. The van der Waals surface area contributed by atoms with Gasteiger partial charge in [-0.15, -0.1) is 0 Å². The number of hydrogen-bond donors (Lipinski definition) is 1. The molecule has 1 rings (SSSR count). The zero-order chi connectivity index (χ0) is 9.57. The third kappa shape index (κ3) is 1.32. The second-order valence-corrected chi connectivity index (χ2v) is 3.67. The highest BCUT2D eigenvalue weighted by atomic mass is 16.8. The molecule has 0 spiro atoms. The number of ether oxygens (including phenoxy) is 2. The molecule has 1 aliphatic rings. The van der Waals surface area contributed by atoms with Gasteiger partial charge in [0.2, 0.25) is 0 Å². The normalized spacial score (nSPS) is 39.8. The molecule has 0 bridgehead atoms. The predicted molar refractivity (Wildman–Crippen MR) is 41.8 cm³/mol. The van der Waals surface area contributed by atoms with Gasteiger partial charge in [0, 0.05) is 0 Å². The lowest BCUT2D eigenvalue weighted by Crippen LogP contribution is -2.43. The van der Waals surface area contributed by atoms with Gasteiger partial charge in [-0.05, 0) is 27.7 Å².